The highest BCUT2D eigenvalue weighted by Gasteiger charge is 2.36. The summed E-state index contributed by atoms with van der Waals surface area (Å²) in [6.07, 6.45) is -3.83. The van der Waals surface area contributed by atoms with Crippen LogP contribution in [0.1, 0.15) is 22.5 Å². The van der Waals surface area contributed by atoms with Gasteiger partial charge in [0.1, 0.15) is 17.3 Å². The maximum absolute atomic E-state index is 13.7. The molecule has 8 rings (SSSR count). The molecule has 2 aromatic heterocycles. The normalized spacial score (nSPS) is 12.0. The van der Waals surface area contributed by atoms with Crippen LogP contribution in [0, 0.1) is 6.57 Å². The average molecular weight is 954 g/mol. The molecule has 0 aliphatic rings. The van der Waals surface area contributed by atoms with Gasteiger partial charge in [-0.05, 0) is 82.9 Å². The monoisotopic (exact) mass is 953 g/mol. The number of rotatable bonds is 10. The Morgan fingerprint density at radius 1 is 0.537 bits per heavy atom. The van der Waals surface area contributed by atoms with Gasteiger partial charge >= 0.3 is 12.4 Å². The van der Waals surface area contributed by atoms with Crippen molar-refractivity contribution in [3.8, 4) is 56.4 Å². The van der Waals surface area contributed by atoms with Crippen LogP contribution in [-0.4, -0.2) is 53.6 Å². The van der Waals surface area contributed by atoms with Crippen molar-refractivity contribution >= 4 is 19.7 Å². The van der Waals surface area contributed by atoms with E-state index in [0.717, 1.165) is 35.8 Å². The van der Waals surface area contributed by atoms with Crippen LogP contribution in [0.15, 0.2) is 168 Å². The van der Waals surface area contributed by atoms with Gasteiger partial charge in [-0.3, -0.25) is 9.13 Å². The first-order chi connectivity index (χ1) is 31.6. The van der Waals surface area contributed by atoms with E-state index < -0.39 is 49.8 Å². The van der Waals surface area contributed by atoms with E-state index in [9.17, 15) is 48.3 Å². The van der Waals surface area contributed by atoms with Crippen molar-refractivity contribution in [1.29, 1.82) is 0 Å². The standard InChI is InChI=1S/C25H18F3N3O2S.C24H19F3N2O3S/c1-29-15-19-16-31(24(30-19)22-8-3-4-9-23(22)25(26,27)28)20-12-10-17(11-13-20)18-6-5-7-21(14-18)34(2,32)33;1-33(31,32)20-6-4-5-17(13-20)16-9-11-19(12-10-16)29-14-18(15-30)28-23(29)21-7-2-3-8-22(21)24(25,26)27/h3-14,16H,15H2,2H3;2-14,30H,15H2,1H3. The lowest BCUT2D eigenvalue weighted by molar-refractivity contribution is -0.137. The van der Waals surface area contributed by atoms with E-state index in [1.165, 1.54) is 63.9 Å². The molecule has 0 fully saturated rings. The molecule has 18 heteroatoms. The highest BCUT2D eigenvalue weighted by Crippen LogP contribution is 2.39. The number of hydrogen-bond donors (Lipinski definition) is 1. The summed E-state index contributed by atoms with van der Waals surface area (Å²) in [7, 11) is -6.73. The van der Waals surface area contributed by atoms with Gasteiger partial charge in [-0.1, -0.05) is 84.9 Å². The molecule has 0 radical (unpaired) electrons. The van der Waals surface area contributed by atoms with Crippen molar-refractivity contribution in [2.75, 3.05) is 12.5 Å². The molecule has 0 amide bonds. The van der Waals surface area contributed by atoms with E-state index >= 15 is 0 Å². The second-order valence-electron chi connectivity index (χ2n) is 15.1. The summed E-state index contributed by atoms with van der Waals surface area (Å²) < 4.78 is 132. The van der Waals surface area contributed by atoms with Crippen LogP contribution < -0.4 is 0 Å². The zero-order valence-corrected chi connectivity index (χ0v) is 37.0. The van der Waals surface area contributed by atoms with Crippen LogP contribution in [0.25, 0.3) is 61.2 Å². The summed E-state index contributed by atoms with van der Waals surface area (Å²) in [5, 5.41) is 9.54. The number of nitrogens with zero attached hydrogens (tertiary/aromatic N) is 5. The van der Waals surface area contributed by atoms with Gasteiger partial charge in [-0.2, -0.15) is 26.3 Å². The quantitative estimate of drug-likeness (QED) is 0.107. The minimum absolute atomic E-state index is 0.0544. The lowest BCUT2D eigenvalue weighted by Crippen LogP contribution is -2.08. The van der Waals surface area contributed by atoms with Gasteiger partial charge in [-0.25, -0.2) is 33.4 Å². The molecule has 0 saturated heterocycles. The largest absolute Gasteiger partial charge is 0.417 e. The van der Waals surface area contributed by atoms with Crippen molar-refractivity contribution in [3.05, 3.63) is 192 Å². The van der Waals surface area contributed by atoms with E-state index in [0.29, 0.717) is 28.2 Å². The molecule has 67 heavy (non-hydrogen) atoms. The van der Waals surface area contributed by atoms with Crippen LogP contribution in [0.4, 0.5) is 26.3 Å². The SMILES string of the molecule is CS(=O)(=O)c1cccc(-c2ccc(-n3cc(CO)nc3-c3ccccc3C(F)(F)F)cc2)c1.[C-]#[N+]Cc1cn(-c2ccc(-c3cccc(S(C)(=O)=O)c3)cc2)c(-c2ccccc2C(F)(F)F)n1. The van der Waals surface area contributed by atoms with Crippen molar-refractivity contribution in [2.45, 2.75) is 35.3 Å². The van der Waals surface area contributed by atoms with E-state index in [4.69, 9.17) is 6.57 Å². The first kappa shape index (κ1) is 47.6. The van der Waals surface area contributed by atoms with Crippen molar-refractivity contribution in [1.82, 2.24) is 19.1 Å². The Morgan fingerprint density at radius 3 is 1.30 bits per heavy atom. The smallest absolute Gasteiger partial charge is 0.390 e. The molecule has 342 valence electrons. The Balaban J connectivity index is 0.000000199. The van der Waals surface area contributed by atoms with Gasteiger partial charge in [0.15, 0.2) is 19.7 Å². The highest BCUT2D eigenvalue weighted by molar-refractivity contribution is 7.91. The van der Waals surface area contributed by atoms with Gasteiger partial charge in [0, 0.05) is 47.4 Å². The number of benzene rings is 6. The maximum atomic E-state index is 13.7. The Labute approximate surface area is 381 Å². The Hall–Kier alpha value is -7.33. The lowest BCUT2D eigenvalue weighted by atomic mass is 10.0. The highest BCUT2D eigenvalue weighted by atomic mass is 32.2. The summed E-state index contributed by atoms with van der Waals surface area (Å²) in [6, 6.07) is 37.2. The fourth-order valence-corrected chi connectivity index (χ4v) is 8.49. The predicted octanol–water partition coefficient (Wildman–Crippen LogP) is 11.2. The summed E-state index contributed by atoms with van der Waals surface area (Å²) in [5.41, 5.74) is 2.71. The number of hydrogen-bond acceptors (Lipinski definition) is 7. The molecule has 0 aliphatic heterocycles. The van der Waals surface area contributed by atoms with Crippen LogP contribution in [0.3, 0.4) is 0 Å². The maximum Gasteiger partial charge on any atom is 0.417 e. The Kier molecular flexibility index (Phi) is 13.4. The third-order valence-electron chi connectivity index (χ3n) is 10.3. The van der Waals surface area contributed by atoms with Crippen LogP contribution in [-0.2, 0) is 45.2 Å². The van der Waals surface area contributed by atoms with Crippen LogP contribution >= 0.6 is 0 Å². The second kappa shape index (κ2) is 18.9. The van der Waals surface area contributed by atoms with Crippen molar-refractivity contribution in [2.24, 2.45) is 0 Å². The average Bonchev–Trinajstić information content (AvgIpc) is 3.94. The van der Waals surface area contributed by atoms with Gasteiger partial charge in [0.05, 0.1) is 33.2 Å². The Morgan fingerprint density at radius 2 is 0.925 bits per heavy atom. The minimum Gasteiger partial charge on any atom is -0.390 e. The molecular formula is C49H37F6N5O5S2. The third-order valence-corrected chi connectivity index (χ3v) is 12.6. The summed E-state index contributed by atoms with van der Waals surface area (Å²) in [4.78, 5) is 12.2. The van der Waals surface area contributed by atoms with Gasteiger partial charge in [0.25, 0.3) is 6.54 Å². The molecule has 0 bridgehead atoms. The second-order valence-corrected chi connectivity index (χ2v) is 19.1. The van der Waals surface area contributed by atoms with Gasteiger partial charge in [-0.15, -0.1) is 0 Å². The number of sulfone groups is 2. The number of halogens is 6. The fourth-order valence-electron chi connectivity index (χ4n) is 7.16. The molecule has 2 heterocycles. The summed E-state index contributed by atoms with van der Waals surface area (Å²) in [6.45, 7) is 6.62. The van der Waals surface area contributed by atoms with E-state index in [2.05, 4.69) is 14.8 Å². The zero-order valence-electron chi connectivity index (χ0n) is 35.3. The molecule has 8 aromatic rings. The third kappa shape index (κ3) is 10.9. The van der Waals surface area contributed by atoms with Crippen LogP contribution in [0.5, 0.6) is 0 Å². The predicted molar refractivity (Wildman–Crippen MR) is 241 cm³/mol. The summed E-state index contributed by atoms with van der Waals surface area (Å²) in [5.74, 6) is 0.136. The molecule has 10 nitrogen and oxygen atoms in total. The zero-order chi connectivity index (χ0) is 48.3. The molecular weight excluding hydrogens is 917 g/mol. The minimum atomic E-state index is -4.57. The topological polar surface area (TPSA) is 129 Å². The Bertz CT molecular complexity index is 3360. The van der Waals surface area contributed by atoms with E-state index in [-0.39, 0.29) is 44.8 Å². The van der Waals surface area contributed by atoms with Gasteiger partial charge in [0.2, 0.25) is 0 Å². The number of alkyl halides is 6. The first-order valence-electron chi connectivity index (χ1n) is 19.9. The lowest BCUT2D eigenvalue weighted by Gasteiger charge is -2.14. The van der Waals surface area contributed by atoms with Gasteiger partial charge < -0.3 is 9.95 Å². The molecule has 0 saturated carbocycles. The summed E-state index contributed by atoms with van der Waals surface area (Å²) >= 11 is 0. The molecule has 1 N–H and O–H groups in total. The molecule has 0 atom stereocenters. The number of aliphatic hydroxyl groups is 1. The number of aromatic nitrogens is 4. The molecule has 6 aromatic carbocycles. The molecule has 0 aliphatic carbocycles. The number of imidazole rings is 2. The van der Waals surface area contributed by atoms with Crippen molar-refractivity contribution < 1.29 is 48.3 Å². The number of aliphatic hydroxyl groups excluding tert-OH is 1. The first-order valence-corrected chi connectivity index (χ1v) is 23.7. The molecule has 0 spiro atoms. The van der Waals surface area contributed by atoms with Crippen molar-refractivity contribution in [3.63, 3.8) is 0 Å². The van der Waals surface area contributed by atoms with E-state index in [1.807, 2.05) is 0 Å². The van der Waals surface area contributed by atoms with Crippen LogP contribution in [0.2, 0.25) is 0 Å². The van der Waals surface area contributed by atoms with E-state index in [1.54, 1.807) is 91.1 Å². The fraction of sp³-hybridized carbons (Fsp3) is 0.122. The molecule has 0 unspecified atom stereocenters.